The lowest BCUT2D eigenvalue weighted by Gasteiger charge is -2.04. The first kappa shape index (κ1) is 12.7. The van der Waals surface area contributed by atoms with E-state index in [0.29, 0.717) is 6.42 Å². The van der Waals surface area contributed by atoms with Gasteiger partial charge >= 0.3 is 0 Å². The predicted molar refractivity (Wildman–Crippen MR) is 82.2 cm³/mol. The summed E-state index contributed by atoms with van der Waals surface area (Å²) in [5.74, 6) is 0.161. The minimum atomic E-state index is 0.161. The van der Waals surface area contributed by atoms with Gasteiger partial charge in [-0.05, 0) is 36.6 Å². The summed E-state index contributed by atoms with van der Waals surface area (Å²) in [7, 11) is 0. The van der Waals surface area contributed by atoms with E-state index in [0.717, 1.165) is 27.6 Å². The Kier molecular flexibility index (Phi) is 3.15. The molecule has 2 heteroatoms. The normalized spacial score (nSPS) is 10.9. The molecular weight excluding hydrogens is 246 g/mol. The molecule has 0 fully saturated rings. The molecule has 0 radical (unpaired) electrons. The number of carbonyl (C=O) groups is 1. The minimum Gasteiger partial charge on any atom is -0.360 e. The molecule has 2 nitrogen and oxygen atoms in total. The molecule has 2 aromatic carbocycles. The number of carbonyl (C=O) groups excluding carboxylic acids is 1. The fraction of sp³-hybridized carbons (Fsp3) is 0.167. The van der Waals surface area contributed by atoms with Gasteiger partial charge in [0.05, 0.1) is 0 Å². The molecule has 0 unspecified atom stereocenters. The summed E-state index contributed by atoms with van der Waals surface area (Å²) >= 11 is 0. The van der Waals surface area contributed by atoms with E-state index in [1.165, 1.54) is 5.56 Å². The third-order valence-electron chi connectivity index (χ3n) is 3.75. The van der Waals surface area contributed by atoms with Crippen molar-refractivity contribution >= 4 is 16.7 Å². The topological polar surface area (TPSA) is 32.9 Å². The van der Waals surface area contributed by atoms with Crippen LogP contribution in [0.1, 0.15) is 27.0 Å². The molecule has 1 heterocycles. The number of ketones is 1. The van der Waals surface area contributed by atoms with Crippen molar-refractivity contribution in [2.45, 2.75) is 20.3 Å². The Morgan fingerprint density at radius 3 is 2.70 bits per heavy atom. The van der Waals surface area contributed by atoms with Crippen LogP contribution in [0.3, 0.4) is 0 Å². The van der Waals surface area contributed by atoms with E-state index in [4.69, 9.17) is 0 Å². The number of aromatic amines is 1. The summed E-state index contributed by atoms with van der Waals surface area (Å²) in [4.78, 5) is 15.7. The Labute approximate surface area is 118 Å². The maximum absolute atomic E-state index is 12.5. The summed E-state index contributed by atoms with van der Waals surface area (Å²) in [6.07, 6.45) is 2.28. The zero-order valence-corrected chi connectivity index (χ0v) is 11.7. The molecule has 0 bridgehead atoms. The predicted octanol–water partition coefficient (Wildman–Crippen LogP) is 4.21. The van der Waals surface area contributed by atoms with Crippen LogP contribution in [0.5, 0.6) is 0 Å². The third kappa shape index (κ3) is 2.25. The molecule has 3 aromatic rings. The van der Waals surface area contributed by atoms with E-state index in [2.05, 4.69) is 18.0 Å². The number of hydrogen-bond acceptors (Lipinski definition) is 1. The number of H-pyrrole nitrogens is 1. The van der Waals surface area contributed by atoms with Gasteiger partial charge in [-0.25, -0.2) is 0 Å². The molecule has 1 N–H and O–H groups in total. The number of rotatable bonds is 3. The van der Waals surface area contributed by atoms with Gasteiger partial charge in [-0.1, -0.05) is 36.4 Å². The van der Waals surface area contributed by atoms with E-state index in [-0.39, 0.29) is 5.78 Å². The molecule has 0 amide bonds. The molecule has 0 saturated carbocycles. The average Bonchev–Trinajstić information content (AvgIpc) is 2.84. The van der Waals surface area contributed by atoms with E-state index in [1.807, 2.05) is 49.5 Å². The van der Waals surface area contributed by atoms with Crippen LogP contribution < -0.4 is 0 Å². The summed E-state index contributed by atoms with van der Waals surface area (Å²) < 4.78 is 0. The van der Waals surface area contributed by atoms with Crippen LogP contribution in [0.2, 0.25) is 0 Å². The number of aryl methyl sites for hydroxylation is 2. The number of hydrogen-bond donors (Lipinski definition) is 1. The Morgan fingerprint density at radius 2 is 1.90 bits per heavy atom. The molecule has 20 heavy (non-hydrogen) atoms. The van der Waals surface area contributed by atoms with Crippen LogP contribution in [0.15, 0.2) is 48.7 Å². The number of aromatic nitrogens is 1. The zero-order valence-electron chi connectivity index (χ0n) is 11.7. The van der Waals surface area contributed by atoms with Crippen LogP contribution in [-0.2, 0) is 6.42 Å². The van der Waals surface area contributed by atoms with Crippen molar-refractivity contribution in [2.75, 3.05) is 0 Å². The standard InChI is InChI=1S/C18H17NO/c1-12-7-8-15-16(11-19-17(15)9-12)18(20)10-14-6-4-3-5-13(14)2/h3-9,11,19H,10H2,1-2H3. The molecule has 0 atom stereocenters. The van der Waals surface area contributed by atoms with Crippen molar-refractivity contribution < 1.29 is 4.79 Å². The molecule has 0 saturated heterocycles. The quantitative estimate of drug-likeness (QED) is 0.705. The Bertz CT molecular complexity index is 783. The van der Waals surface area contributed by atoms with Crippen molar-refractivity contribution in [3.8, 4) is 0 Å². The van der Waals surface area contributed by atoms with Gasteiger partial charge in [-0.2, -0.15) is 0 Å². The van der Waals surface area contributed by atoms with Crippen molar-refractivity contribution in [3.63, 3.8) is 0 Å². The summed E-state index contributed by atoms with van der Waals surface area (Å²) in [5, 5.41) is 1.01. The molecule has 0 spiro atoms. The van der Waals surface area contributed by atoms with E-state index in [9.17, 15) is 4.79 Å². The van der Waals surface area contributed by atoms with Crippen LogP contribution in [0.25, 0.3) is 10.9 Å². The first-order valence-electron chi connectivity index (χ1n) is 6.80. The smallest absolute Gasteiger partial charge is 0.169 e. The maximum atomic E-state index is 12.5. The SMILES string of the molecule is Cc1ccc2c(C(=O)Cc3ccccc3C)c[nH]c2c1. The number of Topliss-reactive ketones (excluding diaryl/α,β-unsaturated/α-hetero) is 1. The van der Waals surface area contributed by atoms with Crippen molar-refractivity contribution in [2.24, 2.45) is 0 Å². The largest absolute Gasteiger partial charge is 0.360 e. The minimum absolute atomic E-state index is 0.161. The van der Waals surface area contributed by atoms with Crippen LogP contribution >= 0.6 is 0 Å². The summed E-state index contributed by atoms with van der Waals surface area (Å²) in [6, 6.07) is 14.2. The molecule has 0 aliphatic heterocycles. The fourth-order valence-corrected chi connectivity index (χ4v) is 2.55. The maximum Gasteiger partial charge on any atom is 0.169 e. The van der Waals surface area contributed by atoms with Gasteiger partial charge < -0.3 is 4.98 Å². The van der Waals surface area contributed by atoms with Gasteiger partial charge in [-0.3, -0.25) is 4.79 Å². The van der Waals surface area contributed by atoms with Gasteiger partial charge in [-0.15, -0.1) is 0 Å². The van der Waals surface area contributed by atoms with E-state index >= 15 is 0 Å². The van der Waals surface area contributed by atoms with Crippen molar-refractivity contribution in [1.29, 1.82) is 0 Å². The first-order valence-corrected chi connectivity index (χ1v) is 6.80. The van der Waals surface area contributed by atoms with Gasteiger partial charge in [0.1, 0.15) is 0 Å². The second-order valence-electron chi connectivity index (χ2n) is 5.28. The molecule has 100 valence electrons. The summed E-state index contributed by atoms with van der Waals surface area (Å²) in [5.41, 5.74) is 5.26. The van der Waals surface area contributed by atoms with Crippen molar-refractivity contribution in [3.05, 3.63) is 70.9 Å². The number of nitrogens with one attached hydrogen (secondary N) is 1. The average molecular weight is 263 g/mol. The molecule has 0 aliphatic carbocycles. The van der Waals surface area contributed by atoms with Gasteiger partial charge in [0.2, 0.25) is 0 Å². The lowest BCUT2D eigenvalue weighted by molar-refractivity contribution is 0.0994. The number of benzene rings is 2. The Hall–Kier alpha value is -2.35. The molecular formula is C18H17NO. The third-order valence-corrected chi connectivity index (χ3v) is 3.75. The Morgan fingerprint density at radius 1 is 1.10 bits per heavy atom. The second kappa shape index (κ2) is 4.97. The lowest BCUT2D eigenvalue weighted by Crippen LogP contribution is -2.04. The highest BCUT2D eigenvalue weighted by atomic mass is 16.1. The van der Waals surface area contributed by atoms with Crippen LogP contribution in [0.4, 0.5) is 0 Å². The molecule has 3 rings (SSSR count). The van der Waals surface area contributed by atoms with Gasteiger partial charge in [0.25, 0.3) is 0 Å². The van der Waals surface area contributed by atoms with Gasteiger partial charge in [0, 0.05) is 29.1 Å². The first-order chi connectivity index (χ1) is 9.65. The van der Waals surface area contributed by atoms with Crippen LogP contribution in [-0.4, -0.2) is 10.8 Å². The highest BCUT2D eigenvalue weighted by Crippen LogP contribution is 2.21. The highest BCUT2D eigenvalue weighted by molar-refractivity contribution is 6.08. The lowest BCUT2D eigenvalue weighted by atomic mass is 9.99. The second-order valence-corrected chi connectivity index (χ2v) is 5.28. The highest BCUT2D eigenvalue weighted by Gasteiger charge is 2.13. The molecule has 1 aromatic heterocycles. The van der Waals surface area contributed by atoms with Gasteiger partial charge in [0.15, 0.2) is 5.78 Å². The van der Waals surface area contributed by atoms with E-state index < -0.39 is 0 Å². The molecule has 0 aliphatic rings. The summed E-state index contributed by atoms with van der Waals surface area (Å²) in [6.45, 7) is 4.09. The van der Waals surface area contributed by atoms with Crippen LogP contribution in [0, 0.1) is 13.8 Å². The Balaban J connectivity index is 1.95. The zero-order chi connectivity index (χ0) is 14.1. The van der Waals surface area contributed by atoms with Crippen molar-refractivity contribution in [1.82, 2.24) is 4.98 Å². The monoisotopic (exact) mass is 263 g/mol. The number of fused-ring (bicyclic) bond motifs is 1. The fourth-order valence-electron chi connectivity index (χ4n) is 2.55. The van der Waals surface area contributed by atoms with E-state index in [1.54, 1.807) is 0 Å².